The molecule has 136 valence electrons. The van der Waals surface area contributed by atoms with Crippen LogP contribution >= 0.6 is 23.2 Å². The summed E-state index contributed by atoms with van der Waals surface area (Å²) < 4.78 is 38.0. The SMILES string of the molecule is CCOc1cccc(N(CC)S(=O)(=O)c2ccc(OC)c(Cl)c2Cl)c1. The first-order valence-corrected chi connectivity index (χ1v) is 9.84. The Kier molecular flexibility index (Phi) is 6.43. The van der Waals surface area contributed by atoms with Gasteiger partial charge in [-0.25, -0.2) is 8.42 Å². The molecule has 0 unspecified atom stereocenters. The minimum absolute atomic E-state index is 0.0596. The molecule has 0 saturated carbocycles. The molecule has 0 heterocycles. The van der Waals surface area contributed by atoms with Gasteiger partial charge < -0.3 is 9.47 Å². The van der Waals surface area contributed by atoms with Crippen LogP contribution in [0.2, 0.25) is 10.0 Å². The fourth-order valence-electron chi connectivity index (χ4n) is 2.38. The Morgan fingerprint density at radius 3 is 2.40 bits per heavy atom. The quantitative estimate of drug-likeness (QED) is 0.676. The Balaban J connectivity index is 2.53. The number of hydrogen-bond donors (Lipinski definition) is 0. The topological polar surface area (TPSA) is 55.8 Å². The second-order valence-corrected chi connectivity index (χ2v) is 7.58. The van der Waals surface area contributed by atoms with Gasteiger partial charge in [-0.1, -0.05) is 29.3 Å². The molecule has 0 aliphatic heterocycles. The second-order valence-electron chi connectivity index (χ2n) is 4.99. The second kappa shape index (κ2) is 8.17. The molecule has 25 heavy (non-hydrogen) atoms. The average molecular weight is 404 g/mol. The molecule has 0 spiro atoms. The van der Waals surface area contributed by atoms with Crippen LogP contribution in [0.3, 0.4) is 0 Å². The number of hydrogen-bond acceptors (Lipinski definition) is 4. The van der Waals surface area contributed by atoms with E-state index in [0.717, 1.165) is 0 Å². The van der Waals surface area contributed by atoms with Crippen LogP contribution in [-0.4, -0.2) is 28.7 Å². The van der Waals surface area contributed by atoms with E-state index >= 15 is 0 Å². The molecule has 0 atom stereocenters. The van der Waals surface area contributed by atoms with Gasteiger partial charge in [-0.2, -0.15) is 0 Å². The van der Waals surface area contributed by atoms with E-state index in [1.807, 2.05) is 6.92 Å². The molecule has 2 aromatic rings. The van der Waals surface area contributed by atoms with Gasteiger partial charge in [-0.15, -0.1) is 0 Å². The summed E-state index contributed by atoms with van der Waals surface area (Å²) in [5.41, 5.74) is 0.483. The molecule has 0 saturated heterocycles. The van der Waals surface area contributed by atoms with Crippen molar-refractivity contribution in [2.75, 3.05) is 24.6 Å². The molecule has 0 radical (unpaired) electrons. The number of halogens is 2. The fraction of sp³-hybridized carbons (Fsp3) is 0.294. The van der Waals surface area contributed by atoms with Gasteiger partial charge in [0, 0.05) is 12.6 Å². The van der Waals surface area contributed by atoms with Gasteiger partial charge in [-0.3, -0.25) is 4.31 Å². The largest absolute Gasteiger partial charge is 0.495 e. The third-order valence-electron chi connectivity index (χ3n) is 3.50. The molecule has 0 fully saturated rings. The van der Waals surface area contributed by atoms with Crippen molar-refractivity contribution in [1.29, 1.82) is 0 Å². The van der Waals surface area contributed by atoms with E-state index in [-0.39, 0.29) is 21.5 Å². The van der Waals surface area contributed by atoms with E-state index in [4.69, 9.17) is 32.7 Å². The average Bonchev–Trinajstić information content (AvgIpc) is 2.58. The lowest BCUT2D eigenvalue weighted by Gasteiger charge is -2.24. The number of sulfonamides is 1. The highest BCUT2D eigenvalue weighted by atomic mass is 35.5. The van der Waals surface area contributed by atoms with Crippen molar-refractivity contribution in [3.63, 3.8) is 0 Å². The molecular formula is C17H19Cl2NO4S. The Hall–Kier alpha value is -1.63. The predicted molar refractivity (Wildman–Crippen MR) is 101 cm³/mol. The zero-order valence-corrected chi connectivity index (χ0v) is 16.5. The minimum atomic E-state index is -3.91. The van der Waals surface area contributed by atoms with Crippen molar-refractivity contribution in [2.24, 2.45) is 0 Å². The third-order valence-corrected chi connectivity index (χ3v) is 6.43. The highest BCUT2D eigenvalue weighted by Crippen LogP contribution is 2.38. The predicted octanol–water partition coefficient (Wildman–Crippen LogP) is 4.62. The van der Waals surface area contributed by atoms with Gasteiger partial charge in [0.25, 0.3) is 10.0 Å². The summed E-state index contributed by atoms with van der Waals surface area (Å²) in [7, 11) is -2.47. The maximum atomic E-state index is 13.1. The first-order chi connectivity index (χ1) is 11.9. The van der Waals surface area contributed by atoms with Crippen LogP contribution in [0.15, 0.2) is 41.3 Å². The summed E-state index contributed by atoms with van der Waals surface area (Å²) in [5.74, 6) is 0.902. The van der Waals surface area contributed by atoms with Crippen LogP contribution in [-0.2, 0) is 10.0 Å². The molecule has 5 nitrogen and oxygen atoms in total. The number of nitrogens with zero attached hydrogens (tertiary/aromatic N) is 1. The van der Waals surface area contributed by atoms with Gasteiger partial charge >= 0.3 is 0 Å². The highest BCUT2D eigenvalue weighted by molar-refractivity contribution is 7.93. The third kappa shape index (κ3) is 3.97. The lowest BCUT2D eigenvalue weighted by molar-refractivity contribution is 0.340. The molecular weight excluding hydrogens is 385 g/mol. The van der Waals surface area contributed by atoms with Gasteiger partial charge in [0.1, 0.15) is 21.4 Å². The summed E-state index contributed by atoms with van der Waals surface area (Å²) in [6.07, 6.45) is 0. The summed E-state index contributed by atoms with van der Waals surface area (Å²) in [5, 5.41) is -0.00945. The minimum Gasteiger partial charge on any atom is -0.495 e. The Morgan fingerprint density at radius 1 is 1.08 bits per heavy atom. The van der Waals surface area contributed by atoms with E-state index in [1.165, 1.54) is 23.5 Å². The van der Waals surface area contributed by atoms with Crippen molar-refractivity contribution in [3.8, 4) is 11.5 Å². The Bertz CT molecular complexity index is 856. The first kappa shape index (κ1) is 19.7. The molecule has 8 heteroatoms. The Morgan fingerprint density at radius 2 is 1.80 bits per heavy atom. The molecule has 0 aliphatic carbocycles. The highest BCUT2D eigenvalue weighted by Gasteiger charge is 2.28. The van der Waals surface area contributed by atoms with Crippen LogP contribution in [0.4, 0.5) is 5.69 Å². The van der Waals surface area contributed by atoms with Crippen molar-refractivity contribution in [3.05, 3.63) is 46.4 Å². The molecule has 2 aromatic carbocycles. The molecule has 0 amide bonds. The lowest BCUT2D eigenvalue weighted by Crippen LogP contribution is -2.31. The maximum absolute atomic E-state index is 13.1. The molecule has 0 aliphatic rings. The van der Waals surface area contributed by atoms with Crippen molar-refractivity contribution < 1.29 is 17.9 Å². The lowest BCUT2D eigenvalue weighted by atomic mass is 10.3. The van der Waals surface area contributed by atoms with Gasteiger partial charge in [0.05, 0.1) is 24.4 Å². The number of anilines is 1. The zero-order valence-electron chi connectivity index (χ0n) is 14.1. The summed E-state index contributed by atoms with van der Waals surface area (Å²) in [6, 6.07) is 9.74. The number of benzene rings is 2. The van der Waals surface area contributed by atoms with Crippen molar-refractivity contribution in [1.82, 2.24) is 0 Å². The molecule has 0 bridgehead atoms. The van der Waals surface area contributed by atoms with E-state index in [0.29, 0.717) is 23.8 Å². The summed E-state index contributed by atoms with van der Waals surface area (Å²) in [4.78, 5) is -0.0800. The molecule has 2 rings (SSSR count). The van der Waals surface area contributed by atoms with Crippen molar-refractivity contribution in [2.45, 2.75) is 18.7 Å². The number of methoxy groups -OCH3 is 1. The molecule has 0 N–H and O–H groups in total. The van der Waals surface area contributed by atoms with Crippen LogP contribution in [0.5, 0.6) is 11.5 Å². The first-order valence-electron chi connectivity index (χ1n) is 7.64. The van der Waals surface area contributed by atoms with Gasteiger partial charge in [-0.05, 0) is 38.1 Å². The van der Waals surface area contributed by atoms with E-state index in [1.54, 1.807) is 31.2 Å². The van der Waals surface area contributed by atoms with E-state index < -0.39 is 10.0 Å². The van der Waals surface area contributed by atoms with Crippen LogP contribution in [0, 0.1) is 0 Å². The smallest absolute Gasteiger partial charge is 0.265 e. The van der Waals surface area contributed by atoms with Gasteiger partial charge in [0.2, 0.25) is 0 Å². The van der Waals surface area contributed by atoms with E-state index in [9.17, 15) is 8.42 Å². The van der Waals surface area contributed by atoms with E-state index in [2.05, 4.69) is 0 Å². The van der Waals surface area contributed by atoms with Crippen LogP contribution in [0.25, 0.3) is 0 Å². The maximum Gasteiger partial charge on any atom is 0.265 e. The molecule has 0 aromatic heterocycles. The number of ether oxygens (including phenoxy) is 2. The fourth-order valence-corrected chi connectivity index (χ4v) is 4.66. The van der Waals surface area contributed by atoms with Crippen LogP contribution in [0.1, 0.15) is 13.8 Å². The van der Waals surface area contributed by atoms with Crippen molar-refractivity contribution >= 4 is 38.9 Å². The standard InChI is InChI=1S/C17H19Cl2NO4S/c1-4-20(12-7-6-8-13(11-12)24-5-2)25(21,22)15-10-9-14(23-3)16(18)17(15)19/h6-11H,4-5H2,1-3H3. The van der Waals surface area contributed by atoms with Gasteiger partial charge in [0.15, 0.2) is 0 Å². The summed E-state index contributed by atoms with van der Waals surface area (Å²) in [6.45, 7) is 4.31. The summed E-state index contributed by atoms with van der Waals surface area (Å²) >= 11 is 12.3. The van der Waals surface area contributed by atoms with Crippen LogP contribution < -0.4 is 13.8 Å². The normalized spacial score (nSPS) is 11.2. The monoisotopic (exact) mass is 403 g/mol. The Labute approximate surface area is 158 Å². The zero-order chi connectivity index (χ0) is 18.6. The number of rotatable bonds is 7.